The quantitative estimate of drug-likeness (QED) is 0.639. The minimum absolute atomic E-state index is 0.0681. The Morgan fingerprint density at radius 2 is 2.05 bits per heavy atom. The van der Waals surface area contributed by atoms with Gasteiger partial charge in [0.1, 0.15) is 0 Å². The molecule has 0 fully saturated rings. The van der Waals surface area contributed by atoms with E-state index in [1.807, 2.05) is 0 Å². The number of hydrogen-bond acceptors (Lipinski definition) is 5. The molecular formula is C12H16NO5P. The van der Waals surface area contributed by atoms with Crippen LogP contribution in [-0.2, 0) is 24.2 Å². The Morgan fingerprint density at radius 3 is 2.68 bits per heavy atom. The van der Waals surface area contributed by atoms with Gasteiger partial charge in [-0.25, -0.2) is 0 Å². The van der Waals surface area contributed by atoms with Crippen molar-refractivity contribution in [2.24, 2.45) is 0 Å². The molecule has 0 aliphatic carbocycles. The van der Waals surface area contributed by atoms with Crippen LogP contribution in [0.25, 0.3) is 0 Å². The third kappa shape index (κ3) is 2.44. The Hall–Kier alpha value is -1.20. The van der Waals surface area contributed by atoms with Crippen molar-refractivity contribution in [1.29, 1.82) is 0 Å². The number of amides is 1. The van der Waals surface area contributed by atoms with Crippen LogP contribution in [0.4, 0.5) is 5.69 Å². The topological polar surface area (TPSA) is 84.9 Å². The molecule has 6 nitrogen and oxygen atoms in total. The largest absolute Gasteiger partial charge is 0.354 e. The Balaban J connectivity index is 2.38. The first-order chi connectivity index (χ1) is 8.95. The first kappa shape index (κ1) is 14.2. The summed E-state index contributed by atoms with van der Waals surface area (Å²) in [7, 11) is -3.52. The highest BCUT2D eigenvalue weighted by Crippen LogP contribution is 2.54. The van der Waals surface area contributed by atoms with Gasteiger partial charge in [-0.1, -0.05) is 25.1 Å². The molecule has 0 bridgehead atoms. The lowest BCUT2D eigenvalue weighted by Crippen LogP contribution is -2.36. The lowest BCUT2D eigenvalue weighted by atomic mass is 10.1. The minimum atomic E-state index is -3.52. The molecule has 1 aliphatic rings. The second kappa shape index (κ2) is 5.06. The average molecular weight is 285 g/mol. The van der Waals surface area contributed by atoms with Crippen molar-refractivity contribution in [3.63, 3.8) is 0 Å². The van der Waals surface area contributed by atoms with Gasteiger partial charge >= 0.3 is 7.60 Å². The van der Waals surface area contributed by atoms with Gasteiger partial charge in [-0.3, -0.25) is 13.9 Å². The molecule has 0 aromatic heterocycles. The molecule has 2 rings (SSSR count). The van der Waals surface area contributed by atoms with Crippen molar-refractivity contribution in [3.8, 4) is 0 Å². The molecular weight excluding hydrogens is 269 g/mol. The average Bonchev–Trinajstić information content (AvgIpc) is 2.62. The Morgan fingerprint density at radius 1 is 1.37 bits per heavy atom. The number of rotatable bonds is 5. The number of carbonyl (C=O) groups is 1. The molecule has 0 radical (unpaired) electrons. The van der Waals surface area contributed by atoms with Crippen LogP contribution in [0.3, 0.4) is 0 Å². The number of fused-ring (bicyclic) bond motifs is 1. The van der Waals surface area contributed by atoms with E-state index >= 15 is 0 Å². The molecule has 7 heteroatoms. The van der Waals surface area contributed by atoms with Crippen LogP contribution < -0.4 is 5.32 Å². The fourth-order valence-electron chi connectivity index (χ4n) is 1.89. The number of nitrogens with one attached hydrogen (secondary N) is 1. The number of carbonyl (C=O) groups excluding carboxylic acids is 1. The first-order valence-electron chi connectivity index (χ1n) is 6.03. The maximum atomic E-state index is 12.3. The van der Waals surface area contributed by atoms with Gasteiger partial charge in [0.2, 0.25) is 0 Å². The van der Waals surface area contributed by atoms with Crippen molar-refractivity contribution in [1.82, 2.24) is 0 Å². The van der Waals surface area contributed by atoms with Crippen LogP contribution in [0.15, 0.2) is 24.3 Å². The molecule has 0 saturated carbocycles. The SMILES string of the molecule is CCO[P@@](=O)(CC)O[C@]1(O)C(=O)Nc2ccccc21. The van der Waals surface area contributed by atoms with E-state index < -0.39 is 19.3 Å². The smallest absolute Gasteiger partial charge is 0.333 e. The van der Waals surface area contributed by atoms with Gasteiger partial charge in [-0.15, -0.1) is 0 Å². The van der Waals surface area contributed by atoms with E-state index in [4.69, 9.17) is 9.05 Å². The Kier molecular flexibility index (Phi) is 3.78. The monoisotopic (exact) mass is 285 g/mol. The van der Waals surface area contributed by atoms with Crippen molar-refractivity contribution >= 4 is 19.2 Å². The molecule has 1 aromatic carbocycles. The first-order valence-corrected chi connectivity index (χ1v) is 7.75. The molecule has 1 heterocycles. The van der Waals surface area contributed by atoms with Crippen LogP contribution in [0.5, 0.6) is 0 Å². The van der Waals surface area contributed by atoms with E-state index in [9.17, 15) is 14.5 Å². The summed E-state index contributed by atoms with van der Waals surface area (Å²) in [5.74, 6) is -3.03. The van der Waals surface area contributed by atoms with E-state index in [2.05, 4.69) is 5.32 Å². The summed E-state index contributed by atoms with van der Waals surface area (Å²) in [4.78, 5) is 11.9. The molecule has 0 spiro atoms. The van der Waals surface area contributed by atoms with Gasteiger partial charge in [0.15, 0.2) is 0 Å². The molecule has 104 valence electrons. The zero-order chi connectivity index (χ0) is 14.1. The minimum Gasteiger partial charge on any atom is -0.354 e. The van der Waals surface area contributed by atoms with Gasteiger partial charge in [0.25, 0.3) is 11.7 Å². The Labute approximate surface area is 111 Å². The summed E-state index contributed by atoms with van der Waals surface area (Å²) in [5.41, 5.74) is 0.683. The van der Waals surface area contributed by atoms with Crippen molar-refractivity contribution in [3.05, 3.63) is 29.8 Å². The van der Waals surface area contributed by atoms with E-state index in [0.717, 1.165) is 0 Å². The third-order valence-electron chi connectivity index (χ3n) is 2.83. The van der Waals surface area contributed by atoms with Gasteiger partial charge in [0, 0.05) is 11.7 Å². The second-order valence-corrected chi connectivity index (χ2v) is 6.37. The molecule has 1 aromatic rings. The molecule has 0 unspecified atom stereocenters. The summed E-state index contributed by atoms with van der Waals surface area (Å²) in [5, 5.41) is 12.9. The summed E-state index contributed by atoms with van der Waals surface area (Å²) in [6.45, 7) is 3.45. The second-order valence-electron chi connectivity index (χ2n) is 4.08. The van der Waals surface area contributed by atoms with Crippen LogP contribution in [0.2, 0.25) is 0 Å². The van der Waals surface area contributed by atoms with Crippen molar-refractivity contribution in [2.75, 3.05) is 18.1 Å². The highest BCUT2D eigenvalue weighted by atomic mass is 31.2. The molecule has 1 aliphatic heterocycles. The van der Waals surface area contributed by atoms with Gasteiger partial charge in [-0.2, -0.15) is 0 Å². The standard InChI is InChI=1S/C12H16NO5P/c1-3-17-19(16,4-2)18-12(15)9-7-5-6-8-10(9)13-11(12)14/h5-8,15H,3-4H2,1-2H3,(H,13,14)/t12-,19-/m0/s1. The van der Waals surface area contributed by atoms with E-state index in [0.29, 0.717) is 5.69 Å². The summed E-state index contributed by atoms with van der Waals surface area (Å²) < 4.78 is 22.6. The molecule has 0 saturated heterocycles. The maximum absolute atomic E-state index is 12.3. The van der Waals surface area contributed by atoms with Crippen LogP contribution >= 0.6 is 7.60 Å². The normalized spacial score (nSPS) is 24.7. The molecule has 1 amide bonds. The maximum Gasteiger partial charge on any atom is 0.333 e. The highest BCUT2D eigenvalue weighted by molar-refractivity contribution is 7.53. The zero-order valence-corrected chi connectivity index (χ0v) is 11.6. The molecule has 19 heavy (non-hydrogen) atoms. The fraction of sp³-hybridized carbons (Fsp3) is 0.417. The summed E-state index contributed by atoms with van der Waals surface area (Å²) >= 11 is 0. The van der Waals surface area contributed by atoms with Crippen molar-refractivity contribution in [2.45, 2.75) is 19.6 Å². The van der Waals surface area contributed by atoms with E-state index in [1.54, 1.807) is 38.1 Å². The van der Waals surface area contributed by atoms with E-state index in [-0.39, 0.29) is 18.3 Å². The molecule has 2 atom stereocenters. The fourth-order valence-corrected chi connectivity index (χ4v) is 3.23. The van der Waals surface area contributed by atoms with Gasteiger partial charge in [-0.05, 0) is 13.0 Å². The Bertz CT molecular complexity index is 547. The predicted octanol–water partition coefficient (Wildman–Crippen LogP) is 2.05. The van der Waals surface area contributed by atoms with Crippen LogP contribution in [0, 0.1) is 0 Å². The number of benzene rings is 1. The zero-order valence-electron chi connectivity index (χ0n) is 10.8. The predicted molar refractivity (Wildman–Crippen MR) is 69.8 cm³/mol. The molecule has 2 N–H and O–H groups in total. The van der Waals surface area contributed by atoms with Crippen LogP contribution in [-0.4, -0.2) is 23.8 Å². The van der Waals surface area contributed by atoms with Gasteiger partial charge < -0.3 is 14.9 Å². The summed E-state index contributed by atoms with van der Waals surface area (Å²) in [6.07, 6.45) is 0.0681. The summed E-state index contributed by atoms with van der Waals surface area (Å²) in [6, 6.07) is 6.54. The van der Waals surface area contributed by atoms with E-state index in [1.165, 1.54) is 0 Å². The van der Waals surface area contributed by atoms with Gasteiger partial charge in [0.05, 0.1) is 12.3 Å². The number of anilines is 1. The number of hydrogen-bond donors (Lipinski definition) is 2. The number of para-hydroxylation sites is 1. The van der Waals surface area contributed by atoms with Crippen molar-refractivity contribution < 1.29 is 23.5 Å². The lowest BCUT2D eigenvalue weighted by molar-refractivity contribution is -0.172. The number of aliphatic hydroxyl groups is 1. The lowest BCUT2D eigenvalue weighted by Gasteiger charge is -2.26. The third-order valence-corrected chi connectivity index (χ3v) is 4.80. The van der Waals surface area contributed by atoms with Crippen LogP contribution in [0.1, 0.15) is 19.4 Å². The highest BCUT2D eigenvalue weighted by Gasteiger charge is 2.51.